The van der Waals surface area contributed by atoms with E-state index in [2.05, 4.69) is 16.7 Å². The molecule has 0 saturated carbocycles. The van der Waals surface area contributed by atoms with Gasteiger partial charge in [-0.3, -0.25) is 46.4 Å². The van der Waals surface area contributed by atoms with Gasteiger partial charge in [0.15, 0.2) is 6.29 Å². The van der Waals surface area contributed by atoms with Crippen molar-refractivity contribution in [2.24, 2.45) is 0 Å². The second-order valence-corrected chi connectivity index (χ2v) is 21.0. The molecule has 6 N–H and O–H groups in total. The Morgan fingerprint density at radius 2 is 1.11 bits per heavy atom. The number of hydrogen-bond donors (Lipinski definition) is 6. The molecule has 0 unspecified atom stereocenters. The quantitative estimate of drug-likeness (QED) is 0.0420. The van der Waals surface area contributed by atoms with Gasteiger partial charge in [0, 0.05) is 79.3 Å². The Morgan fingerprint density at radius 1 is 0.678 bits per heavy atom. The summed E-state index contributed by atoms with van der Waals surface area (Å²) in [5.74, 6) is -7.07. The van der Waals surface area contributed by atoms with Crippen molar-refractivity contribution >= 4 is 35.1 Å². The first-order valence-electron chi connectivity index (χ1n) is 25.7. The number of aliphatic carboxylic acids is 2. The maximum atomic E-state index is 13.6. The number of benzene rings is 2. The van der Waals surface area contributed by atoms with E-state index in [4.69, 9.17) is 34.0 Å². The summed E-state index contributed by atoms with van der Waals surface area (Å²) in [6.07, 6.45) is -18.0. The molecule has 4 heterocycles. The van der Waals surface area contributed by atoms with Crippen molar-refractivity contribution in [2.75, 3.05) is 75.2 Å². The van der Waals surface area contributed by atoms with E-state index in [0.717, 1.165) is 20.9 Å². The lowest BCUT2D eigenvalue weighted by Crippen LogP contribution is -2.43. The maximum absolute atomic E-state index is 13.6. The van der Waals surface area contributed by atoms with Crippen LogP contribution in [0.15, 0.2) is 68.0 Å². The predicted octanol–water partition coefficient (Wildman–Crippen LogP) is -0.976. The summed E-state index contributed by atoms with van der Waals surface area (Å²) in [6, 6.07) is 10.5. The number of quaternary nitrogens is 2. The molecule has 2 aliphatic rings. The number of rotatable bonds is 17. The van der Waals surface area contributed by atoms with Gasteiger partial charge in [-0.2, -0.15) is 44.8 Å². The summed E-state index contributed by atoms with van der Waals surface area (Å²) in [6.45, 7) is 2.74. The zero-order chi connectivity index (χ0) is 66.5. The number of carbonyl (C=O) groups excluding carboxylic acids is 4. The predicted molar refractivity (Wildman–Crippen MR) is 282 cm³/mol. The number of carboxylic acid groups (broad SMARTS) is 2. The molecule has 87 heavy (non-hydrogen) atoms. The zero-order valence-electron chi connectivity index (χ0n) is 47.8. The van der Waals surface area contributed by atoms with E-state index in [9.17, 15) is 94.0 Å². The summed E-state index contributed by atoms with van der Waals surface area (Å²) in [5.41, 5.74) is -1.16. The van der Waals surface area contributed by atoms with E-state index in [1.54, 1.807) is 46.3 Å². The van der Waals surface area contributed by atoms with Gasteiger partial charge in [-0.15, -0.1) is 0 Å². The number of carboxylic acids is 2. The number of nitrogens with one attached hydrogen (secondary N) is 2. The molecule has 0 aliphatic carbocycles. The highest BCUT2D eigenvalue weighted by atomic mass is 19.4. The second kappa shape index (κ2) is 30.2. The van der Waals surface area contributed by atoms with Crippen molar-refractivity contribution in [1.29, 1.82) is 5.26 Å². The summed E-state index contributed by atoms with van der Waals surface area (Å²) in [5, 5.41) is 70.8. The molecule has 2 aromatic carbocycles. The SMILES string of the molecule is Cc1cn([C@H]2C[C@H](O)[C@@H](CO)O2)c(=O)n(CCOCCNC(=O)c2ccc([N+](C)(C)C)c(C(F)(F)F)c2)c1=O.Cc1cn([C@H]2C[C@H](O)[C@@H](O)O2)c(=O)n(CCCNC(=O)c2ccc([N+](C)(C)C)c(C#N)c2)c1=O.O=C([O-])C(F)(F)F.O=C([O-])C(F)(F)F. The number of nitriles is 1. The molecule has 6 rings (SSSR count). The highest BCUT2D eigenvalue weighted by Crippen LogP contribution is 2.38. The molecule has 6 atom stereocenters. The zero-order valence-corrected chi connectivity index (χ0v) is 47.8. The molecule has 35 heteroatoms. The van der Waals surface area contributed by atoms with Gasteiger partial charge in [0.1, 0.15) is 65.2 Å². The monoisotopic (exact) mass is 1260 g/mol. The van der Waals surface area contributed by atoms with Crippen molar-refractivity contribution in [3.8, 4) is 6.07 Å². The van der Waals surface area contributed by atoms with Crippen LogP contribution in [0.25, 0.3) is 0 Å². The Balaban J connectivity index is 0.000000375. The van der Waals surface area contributed by atoms with Crippen molar-refractivity contribution in [3.05, 3.63) is 124 Å². The van der Waals surface area contributed by atoms with Gasteiger partial charge in [-0.05, 0) is 44.5 Å². The van der Waals surface area contributed by atoms with E-state index >= 15 is 0 Å². The van der Waals surface area contributed by atoms with Crippen molar-refractivity contribution in [2.45, 2.75) is 102 Å². The molecular formula is C52H64F9N9O17. The lowest BCUT2D eigenvalue weighted by atomic mass is 10.1. The number of aliphatic hydroxyl groups excluding tert-OH is 4. The molecule has 0 bridgehead atoms. The Labute approximate surface area is 487 Å². The van der Waals surface area contributed by atoms with E-state index < -0.39 is 108 Å². The van der Waals surface area contributed by atoms with Gasteiger partial charge in [0.25, 0.3) is 22.9 Å². The third kappa shape index (κ3) is 20.7. The molecule has 2 saturated heterocycles. The number of carbonyl (C=O) groups is 4. The number of aromatic nitrogens is 4. The van der Waals surface area contributed by atoms with Crippen LogP contribution < -0.4 is 52.3 Å². The number of ether oxygens (including phenoxy) is 3. The summed E-state index contributed by atoms with van der Waals surface area (Å²) >= 11 is 0. The number of halogens is 9. The van der Waals surface area contributed by atoms with Crippen LogP contribution in [-0.4, -0.2) is 175 Å². The Morgan fingerprint density at radius 3 is 1.53 bits per heavy atom. The summed E-state index contributed by atoms with van der Waals surface area (Å²) in [4.78, 5) is 93.3. The smallest absolute Gasteiger partial charge is 0.430 e. The minimum Gasteiger partial charge on any atom is -0.542 e. The fraction of sp³-hybridized carbons (Fsp3) is 0.519. The summed E-state index contributed by atoms with van der Waals surface area (Å²) < 4.78 is 125. The number of aryl methyl sites for hydroxylation is 2. The highest BCUT2D eigenvalue weighted by molar-refractivity contribution is 5.95. The number of alkyl halides is 9. The van der Waals surface area contributed by atoms with Crippen molar-refractivity contribution in [1.82, 2.24) is 37.9 Å². The lowest BCUT2D eigenvalue weighted by Gasteiger charge is -2.27. The van der Waals surface area contributed by atoms with Gasteiger partial charge >= 0.3 is 29.9 Å². The first-order chi connectivity index (χ1) is 40.0. The van der Waals surface area contributed by atoms with Crippen molar-refractivity contribution in [3.63, 3.8) is 0 Å². The highest BCUT2D eigenvalue weighted by Gasteiger charge is 2.40. The van der Waals surface area contributed by atoms with Gasteiger partial charge in [-0.25, -0.2) is 9.59 Å². The topological polar surface area (TPSA) is 359 Å². The molecule has 2 fully saturated rings. The van der Waals surface area contributed by atoms with Crippen LogP contribution in [0.3, 0.4) is 0 Å². The first kappa shape index (κ1) is 73.4. The number of hydrogen-bond acceptors (Lipinski definition) is 18. The van der Waals surface area contributed by atoms with E-state index in [0.29, 0.717) is 27.6 Å². The Kier molecular flexibility index (Phi) is 25.5. The minimum atomic E-state index is -5.19. The van der Waals surface area contributed by atoms with Crippen LogP contribution in [-0.2, 0) is 43.1 Å². The lowest BCUT2D eigenvalue weighted by molar-refractivity contribution is -0.344. The van der Waals surface area contributed by atoms with Gasteiger partial charge in [-0.1, -0.05) is 0 Å². The van der Waals surface area contributed by atoms with Crippen LogP contribution in [0.1, 0.15) is 74.7 Å². The maximum Gasteiger partial charge on any atom is 0.430 e. The largest absolute Gasteiger partial charge is 0.542 e. The average molecular weight is 1260 g/mol. The molecule has 482 valence electrons. The minimum absolute atomic E-state index is 0.0133. The molecule has 2 amide bonds. The fourth-order valence-electron chi connectivity index (χ4n) is 8.16. The molecule has 0 radical (unpaired) electrons. The van der Waals surface area contributed by atoms with Gasteiger partial charge < -0.3 is 65.1 Å². The molecule has 2 aliphatic heterocycles. The average Bonchev–Trinajstić information content (AvgIpc) is 1.98. The third-order valence-electron chi connectivity index (χ3n) is 12.5. The Bertz CT molecular complexity index is 3340. The molecule has 0 spiro atoms. The van der Waals surface area contributed by atoms with Crippen LogP contribution in [0, 0.1) is 25.2 Å². The first-order valence-corrected chi connectivity index (χ1v) is 25.7. The van der Waals surface area contributed by atoms with Crippen LogP contribution >= 0.6 is 0 Å². The van der Waals surface area contributed by atoms with Crippen LogP contribution in [0.5, 0.6) is 0 Å². The van der Waals surface area contributed by atoms with Crippen LogP contribution in [0.2, 0.25) is 0 Å². The Hall–Kier alpha value is -7.82. The second-order valence-electron chi connectivity index (χ2n) is 21.0. The van der Waals surface area contributed by atoms with E-state index in [1.807, 2.05) is 21.1 Å². The van der Waals surface area contributed by atoms with E-state index in [-0.39, 0.29) is 79.4 Å². The van der Waals surface area contributed by atoms with E-state index in [1.165, 1.54) is 40.6 Å². The number of nitrogens with zero attached hydrogens (tertiary/aromatic N) is 7. The van der Waals surface area contributed by atoms with Crippen molar-refractivity contribution < 1.29 is 104 Å². The third-order valence-corrected chi connectivity index (χ3v) is 12.5. The molecule has 26 nitrogen and oxygen atoms in total. The molecule has 4 aromatic rings. The van der Waals surface area contributed by atoms with Crippen LogP contribution in [0.4, 0.5) is 50.9 Å². The molecule has 2 aromatic heterocycles. The number of aliphatic hydroxyl groups is 4. The molecular weight excluding hydrogens is 1190 g/mol. The summed E-state index contributed by atoms with van der Waals surface area (Å²) in [7, 11) is 10.6. The van der Waals surface area contributed by atoms with Gasteiger partial charge in [0.2, 0.25) is 0 Å². The van der Waals surface area contributed by atoms with Gasteiger partial charge in [0.05, 0.1) is 74.8 Å². The standard InChI is InChI=1S/C25H33F3N4O7.C23H29N5O6.2C2HF3O2/c1-15-13-31(21-12-19(34)20(14-33)39-21)24(37)30(23(15)36)8-10-38-9-7-29-22(35)16-5-6-18(32(2,3)4)17(11-16)25(26,27)28;1-14-13-27(19-11-18(29)22(32)34-19)23(33)26(21(14)31)9-5-8-25-20(30)15-6-7-17(28(2,3)4)16(10-15)12-24;2*3-2(4,5)1(6)7/h5-6,11,13,19-21,33-34H,7-10,12,14H2,1-4H3;6-7,10,13,18-19,22,29,32H,5,8-9,11H2,1-4H3;2*(H,6,7)/t19-,20+,21+;18-,19+,22-;;/m00../s1. The fourth-order valence-corrected chi connectivity index (χ4v) is 8.16. The number of amides is 2. The normalized spacial score (nSPS) is 18.6.